The van der Waals surface area contributed by atoms with E-state index in [-0.39, 0.29) is 12.0 Å². The van der Waals surface area contributed by atoms with E-state index in [0.717, 1.165) is 37.3 Å². The standard InChI is InChI=1S/C18H25N3O2/c1-13-4-3-5-16-18(13)15(11-19-16)10-17(23)21-8-6-20(7-9-21)12-14(2)22/h3-5,11,14,19,22H,6-10,12H2,1-2H3/t14-/m0/s1. The van der Waals surface area contributed by atoms with Gasteiger partial charge in [-0.15, -0.1) is 0 Å². The number of β-amino-alcohol motifs (C(OH)–C–C–N with tert-alkyl or cyclic N) is 1. The molecule has 0 spiro atoms. The van der Waals surface area contributed by atoms with E-state index in [4.69, 9.17) is 0 Å². The molecule has 1 aliphatic rings. The number of carbonyl (C=O) groups is 1. The van der Waals surface area contributed by atoms with Crippen molar-refractivity contribution < 1.29 is 9.90 Å². The predicted octanol–water partition coefficient (Wildman–Crippen LogP) is 1.54. The molecule has 0 bridgehead atoms. The number of aromatic nitrogens is 1. The maximum atomic E-state index is 12.6. The van der Waals surface area contributed by atoms with Crippen molar-refractivity contribution in [1.82, 2.24) is 14.8 Å². The number of H-pyrrole nitrogens is 1. The molecule has 124 valence electrons. The lowest BCUT2D eigenvalue weighted by Crippen LogP contribution is -2.50. The molecular weight excluding hydrogens is 290 g/mol. The van der Waals surface area contributed by atoms with E-state index >= 15 is 0 Å². The van der Waals surface area contributed by atoms with Gasteiger partial charge in [-0.3, -0.25) is 9.69 Å². The summed E-state index contributed by atoms with van der Waals surface area (Å²) >= 11 is 0. The molecule has 5 heteroatoms. The molecule has 1 aromatic carbocycles. The smallest absolute Gasteiger partial charge is 0.227 e. The number of fused-ring (bicyclic) bond motifs is 1. The van der Waals surface area contributed by atoms with Crippen molar-refractivity contribution in [3.63, 3.8) is 0 Å². The van der Waals surface area contributed by atoms with Crippen LogP contribution in [0.5, 0.6) is 0 Å². The zero-order valence-electron chi connectivity index (χ0n) is 13.9. The Balaban J connectivity index is 1.63. The van der Waals surface area contributed by atoms with Gasteiger partial charge in [0, 0.05) is 49.8 Å². The number of rotatable bonds is 4. The summed E-state index contributed by atoms with van der Waals surface area (Å²) in [5, 5.41) is 10.6. The molecule has 2 N–H and O–H groups in total. The van der Waals surface area contributed by atoms with Gasteiger partial charge in [0.05, 0.1) is 12.5 Å². The molecule has 1 amide bonds. The average Bonchev–Trinajstić information content (AvgIpc) is 2.92. The first-order chi connectivity index (χ1) is 11.0. The third-order valence-corrected chi connectivity index (χ3v) is 4.58. The summed E-state index contributed by atoms with van der Waals surface area (Å²) in [5.41, 5.74) is 3.37. The van der Waals surface area contributed by atoms with E-state index in [9.17, 15) is 9.90 Å². The number of carbonyl (C=O) groups excluding carboxylic acids is 1. The fourth-order valence-electron chi connectivity index (χ4n) is 3.42. The molecule has 1 fully saturated rings. The predicted molar refractivity (Wildman–Crippen MR) is 91.4 cm³/mol. The van der Waals surface area contributed by atoms with Gasteiger partial charge in [-0.1, -0.05) is 12.1 Å². The Labute approximate surface area is 136 Å². The van der Waals surface area contributed by atoms with Crippen molar-refractivity contribution in [1.29, 1.82) is 0 Å². The van der Waals surface area contributed by atoms with Gasteiger partial charge in [-0.25, -0.2) is 0 Å². The summed E-state index contributed by atoms with van der Waals surface area (Å²) in [6.45, 7) is 7.73. The van der Waals surface area contributed by atoms with Crippen LogP contribution in [-0.2, 0) is 11.2 Å². The minimum atomic E-state index is -0.313. The Bertz CT molecular complexity index is 685. The van der Waals surface area contributed by atoms with E-state index in [0.29, 0.717) is 13.0 Å². The maximum absolute atomic E-state index is 12.6. The number of benzene rings is 1. The monoisotopic (exact) mass is 315 g/mol. The Morgan fingerprint density at radius 3 is 2.74 bits per heavy atom. The van der Waals surface area contributed by atoms with Crippen LogP contribution in [0.2, 0.25) is 0 Å². The van der Waals surface area contributed by atoms with Gasteiger partial charge >= 0.3 is 0 Å². The number of piperazine rings is 1. The highest BCUT2D eigenvalue weighted by atomic mass is 16.3. The molecule has 0 saturated carbocycles. The van der Waals surface area contributed by atoms with Crippen LogP contribution in [0.15, 0.2) is 24.4 Å². The molecule has 23 heavy (non-hydrogen) atoms. The van der Waals surface area contributed by atoms with Crippen molar-refractivity contribution in [2.24, 2.45) is 0 Å². The number of amides is 1. The van der Waals surface area contributed by atoms with Crippen LogP contribution < -0.4 is 0 Å². The summed E-state index contributed by atoms with van der Waals surface area (Å²) < 4.78 is 0. The molecule has 1 atom stereocenters. The van der Waals surface area contributed by atoms with Crippen molar-refractivity contribution in [3.8, 4) is 0 Å². The van der Waals surface area contributed by atoms with Gasteiger partial charge in [0.25, 0.3) is 0 Å². The van der Waals surface area contributed by atoms with E-state index in [2.05, 4.69) is 22.9 Å². The van der Waals surface area contributed by atoms with Gasteiger partial charge < -0.3 is 15.0 Å². The van der Waals surface area contributed by atoms with Crippen molar-refractivity contribution in [3.05, 3.63) is 35.5 Å². The van der Waals surface area contributed by atoms with E-state index in [1.807, 2.05) is 23.2 Å². The molecule has 0 aliphatic carbocycles. The second kappa shape index (κ2) is 6.72. The zero-order chi connectivity index (χ0) is 16.4. The number of aryl methyl sites for hydroxylation is 1. The van der Waals surface area contributed by atoms with E-state index < -0.39 is 0 Å². The number of aliphatic hydroxyl groups excluding tert-OH is 1. The van der Waals surface area contributed by atoms with Crippen LogP contribution in [0.1, 0.15) is 18.1 Å². The molecular formula is C18H25N3O2. The van der Waals surface area contributed by atoms with Crippen LogP contribution in [0.3, 0.4) is 0 Å². The van der Waals surface area contributed by atoms with Crippen LogP contribution in [0, 0.1) is 6.92 Å². The number of nitrogens with one attached hydrogen (secondary N) is 1. The maximum Gasteiger partial charge on any atom is 0.227 e. The van der Waals surface area contributed by atoms with Crippen LogP contribution in [0.25, 0.3) is 10.9 Å². The highest BCUT2D eigenvalue weighted by Crippen LogP contribution is 2.23. The number of hydrogen-bond acceptors (Lipinski definition) is 3. The molecule has 1 aliphatic heterocycles. The van der Waals surface area contributed by atoms with Crippen molar-refractivity contribution in [2.45, 2.75) is 26.4 Å². The Kier molecular flexibility index (Phi) is 4.68. The van der Waals surface area contributed by atoms with Crippen molar-refractivity contribution in [2.75, 3.05) is 32.7 Å². The van der Waals surface area contributed by atoms with Gasteiger partial charge in [-0.2, -0.15) is 0 Å². The first kappa shape index (κ1) is 16.0. The summed E-state index contributed by atoms with van der Waals surface area (Å²) in [7, 11) is 0. The van der Waals surface area contributed by atoms with Crippen LogP contribution in [0.4, 0.5) is 0 Å². The lowest BCUT2D eigenvalue weighted by atomic mass is 10.0. The molecule has 3 rings (SSSR count). The highest BCUT2D eigenvalue weighted by Gasteiger charge is 2.22. The van der Waals surface area contributed by atoms with Crippen molar-refractivity contribution >= 4 is 16.8 Å². The highest BCUT2D eigenvalue weighted by molar-refractivity contribution is 5.91. The quantitative estimate of drug-likeness (QED) is 0.900. The lowest BCUT2D eigenvalue weighted by molar-refractivity contribution is -0.132. The topological polar surface area (TPSA) is 59.6 Å². The molecule has 0 unspecified atom stereocenters. The fourth-order valence-corrected chi connectivity index (χ4v) is 3.42. The first-order valence-electron chi connectivity index (χ1n) is 8.28. The first-order valence-corrected chi connectivity index (χ1v) is 8.28. The largest absolute Gasteiger partial charge is 0.392 e. The minimum Gasteiger partial charge on any atom is -0.392 e. The second-order valence-corrected chi connectivity index (χ2v) is 6.52. The molecule has 1 saturated heterocycles. The van der Waals surface area contributed by atoms with Gasteiger partial charge in [0.1, 0.15) is 0 Å². The molecule has 5 nitrogen and oxygen atoms in total. The number of nitrogens with zero attached hydrogens (tertiary/aromatic N) is 2. The SMILES string of the molecule is Cc1cccc2[nH]cc(CC(=O)N3CCN(C[C@H](C)O)CC3)c12. The zero-order valence-corrected chi connectivity index (χ0v) is 13.9. The fraction of sp³-hybridized carbons (Fsp3) is 0.500. The molecule has 1 aromatic heterocycles. The Hall–Kier alpha value is -1.85. The summed E-state index contributed by atoms with van der Waals surface area (Å²) in [5.74, 6) is 0.186. The number of hydrogen-bond donors (Lipinski definition) is 2. The number of aliphatic hydroxyl groups is 1. The summed E-state index contributed by atoms with van der Waals surface area (Å²) in [4.78, 5) is 20.0. The summed E-state index contributed by atoms with van der Waals surface area (Å²) in [6, 6.07) is 6.16. The lowest BCUT2D eigenvalue weighted by Gasteiger charge is -2.35. The Morgan fingerprint density at radius 1 is 1.30 bits per heavy atom. The molecule has 2 heterocycles. The summed E-state index contributed by atoms with van der Waals surface area (Å²) in [6.07, 6.45) is 2.09. The van der Waals surface area contributed by atoms with E-state index in [1.165, 1.54) is 10.9 Å². The molecule has 2 aromatic rings. The van der Waals surface area contributed by atoms with Gasteiger partial charge in [0.2, 0.25) is 5.91 Å². The van der Waals surface area contributed by atoms with Crippen LogP contribution >= 0.6 is 0 Å². The third-order valence-electron chi connectivity index (χ3n) is 4.58. The van der Waals surface area contributed by atoms with E-state index in [1.54, 1.807) is 6.92 Å². The molecule has 0 radical (unpaired) electrons. The Morgan fingerprint density at radius 2 is 2.04 bits per heavy atom. The van der Waals surface area contributed by atoms with Crippen LogP contribution in [-0.4, -0.2) is 64.6 Å². The minimum absolute atomic E-state index is 0.186. The average molecular weight is 315 g/mol. The van der Waals surface area contributed by atoms with Gasteiger partial charge in [0.15, 0.2) is 0 Å². The number of aromatic amines is 1. The second-order valence-electron chi connectivity index (χ2n) is 6.52. The van der Waals surface area contributed by atoms with Gasteiger partial charge in [-0.05, 0) is 31.0 Å². The third kappa shape index (κ3) is 3.57. The normalized spacial score (nSPS) is 17.6.